The van der Waals surface area contributed by atoms with Crippen LogP contribution in [-0.2, 0) is 0 Å². The van der Waals surface area contributed by atoms with Gasteiger partial charge in [-0.2, -0.15) is 0 Å². The summed E-state index contributed by atoms with van der Waals surface area (Å²) < 4.78 is 6.49. The zero-order chi connectivity index (χ0) is 33.7. The van der Waals surface area contributed by atoms with E-state index in [1.165, 1.54) is 5.39 Å². The highest BCUT2D eigenvalue weighted by Crippen LogP contribution is 2.42. The molecular weight excluding hydrogens is 623 g/mol. The van der Waals surface area contributed by atoms with E-state index in [0.717, 1.165) is 77.0 Å². The monoisotopic (exact) mass is 651 g/mol. The molecule has 0 radical (unpaired) electrons. The number of hydrogen-bond acceptors (Lipinski definition) is 4. The molecular formula is C47H29N3O. The standard InChI is InChI=1S/C47H29N3O/c1-3-13-30(14-4-1)32-20-11-21-36(25-32)46-48-45(31-15-5-2-6-16-31)49-47(50-46)37-26-35-19-9-10-22-38(35)40(28-37)39-23-12-24-42-44(39)41-27-33-17-7-8-18-34(33)29-43(41)51-42/h1-29H. The fraction of sp³-hybridized carbons (Fsp3) is 0. The summed E-state index contributed by atoms with van der Waals surface area (Å²) in [4.78, 5) is 15.3. The van der Waals surface area contributed by atoms with Crippen LogP contribution in [-0.4, -0.2) is 15.0 Å². The maximum atomic E-state index is 6.49. The molecule has 0 fully saturated rings. The summed E-state index contributed by atoms with van der Waals surface area (Å²) in [5, 5.41) is 6.79. The zero-order valence-corrected chi connectivity index (χ0v) is 27.5. The number of nitrogens with zero attached hydrogens (tertiary/aromatic N) is 3. The first kappa shape index (κ1) is 29.0. The van der Waals surface area contributed by atoms with E-state index in [9.17, 15) is 0 Å². The molecule has 8 aromatic carbocycles. The number of aromatic nitrogens is 3. The minimum atomic E-state index is 0.617. The van der Waals surface area contributed by atoms with Crippen LogP contribution in [0.4, 0.5) is 0 Å². The Morgan fingerprint density at radius 1 is 0.314 bits per heavy atom. The van der Waals surface area contributed by atoms with Gasteiger partial charge in [0.25, 0.3) is 0 Å². The predicted octanol–water partition coefficient (Wildman–Crippen LogP) is 12.4. The molecule has 0 saturated heterocycles. The Labute approximate surface area is 294 Å². The third-order valence-corrected chi connectivity index (χ3v) is 9.67. The van der Waals surface area contributed by atoms with Crippen LogP contribution in [0.1, 0.15) is 0 Å². The summed E-state index contributed by atoms with van der Waals surface area (Å²) >= 11 is 0. The summed E-state index contributed by atoms with van der Waals surface area (Å²) in [6.45, 7) is 0. The molecule has 0 aliphatic carbocycles. The Morgan fingerprint density at radius 3 is 1.69 bits per heavy atom. The van der Waals surface area contributed by atoms with Crippen molar-refractivity contribution in [3.8, 4) is 56.4 Å². The van der Waals surface area contributed by atoms with E-state index in [1.807, 2.05) is 36.4 Å². The van der Waals surface area contributed by atoms with Crippen molar-refractivity contribution in [1.29, 1.82) is 0 Å². The SMILES string of the molecule is c1ccc(-c2cccc(-c3nc(-c4ccccc4)nc(-c4cc(-c5cccc6oc7cc8ccccc8cc7c56)c5ccccc5c4)n3)c2)cc1. The zero-order valence-electron chi connectivity index (χ0n) is 27.5. The van der Waals surface area contributed by atoms with Crippen LogP contribution in [0.3, 0.4) is 0 Å². The van der Waals surface area contributed by atoms with Gasteiger partial charge in [0.15, 0.2) is 17.5 Å². The van der Waals surface area contributed by atoms with E-state index >= 15 is 0 Å². The van der Waals surface area contributed by atoms with Crippen molar-refractivity contribution in [2.75, 3.05) is 0 Å². The lowest BCUT2D eigenvalue weighted by Gasteiger charge is -2.13. The minimum absolute atomic E-state index is 0.617. The van der Waals surface area contributed by atoms with Gasteiger partial charge in [-0.3, -0.25) is 0 Å². The van der Waals surface area contributed by atoms with E-state index in [0.29, 0.717) is 17.5 Å². The molecule has 10 aromatic rings. The number of furan rings is 1. The molecule has 0 N–H and O–H groups in total. The van der Waals surface area contributed by atoms with Crippen molar-refractivity contribution in [2.45, 2.75) is 0 Å². The molecule has 0 saturated carbocycles. The second kappa shape index (κ2) is 11.9. The third-order valence-electron chi connectivity index (χ3n) is 9.67. The van der Waals surface area contributed by atoms with Crippen LogP contribution in [0.2, 0.25) is 0 Å². The summed E-state index contributed by atoms with van der Waals surface area (Å²) in [6.07, 6.45) is 0. The summed E-state index contributed by atoms with van der Waals surface area (Å²) in [5.41, 5.74) is 8.97. The molecule has 0 amide bonds. The van der Waals surface area contributed by atoms with Gasteiger partial charge in [-0.05, 0) is 80.2 Å². The van der Waals surface area contributed by atoms with Crippen molar-refractivity contribution in [3.05, 3.63) is 176 Å². The Balaban J connectivity index is 1.21. The Kier molecular flexibility index (Phi) is 6.78. The molecule has 2 aromatic heterocycles. The average Bonchev–Trinajstić information content (AvgIpc) is 3.57. The minimum Gasteiger partial charge on any atom is -0.456 e. The summed E-state index contributed by atoms with van der Waals surface area (Å²) in [7, 11) is 0. The molecule has 238 valence electrons. The average molecular weight is 652 g/mol. The molecule has 4 nitrogen and oxygen atoms in total. The van der Waals surface area contributed by atoms with E-state index in [4.69, 9.17) is 19.4 Å². The Morgan fingerprint density at radius 2 is 0.902 bits per heavy atom. The van der Waals surface area contributed by atoms with Crippen molar-refractivity contribution >= 4 is 43.5 Å². The lowest BCUT2D eigenvalue weighted by atomic mass is 9.92. The number of fused-ring (bicyclic) bond motifs is 5. The highest BCUT2D eigenvalue weighted by Gasteiger charge is 2.19. The van der Waals surface area contributed by atoms with E-state index in [-0.39, 0.29) is 0 Å². The normalized spacial score (nSPS) is 11.5. The van der Waals surface area contributed by atoms with E-state index in [2.05, 4.69) is 140 Å². The number of hydrogen-bond donors (Lipinski definition) is 0. The van der Waals surface area contributed by atoms with Gasteiger partial charge in [0, 0.05) is 27.5 Å². The van der Waals surface area contributed by atoms with Gasteiger partial charge in [-0.25, -0.2) is 15.0 Å². The van der Waals surface area contributed by atoms with Gasteiger partial charge in [-0.1, -0.05) is 140 Å². The van der Waals surface area contributed by atoms with Crippen molar-refractivity contribution in [1.82, 2.24) is 15.0 Å². The molecule has 0 bridgehead atoms. The first-order valence-corrected chi connectivity index (χ1v) is 17.1. The Bertz CT molecular complexity index is 2910. The second-order valence-electron chi connectivity index (χ2n) is 12.8. The summed E-state index contributed by atoms with van der Waals surface area (Å²) in [6, 6.07) is 61.0. The second-order valence-corrected chi connectivity index (χ2v) is 12.8. The molecule has 4 heteroatoms. The first-order chi connectivity index (χ1) is 25.2. The van der Waals surface area contributed by atoms with Gasteiger partial charge >= 0.3 is 0 Å². The number of rotatable bonds is 5. The van der Waals surface area contributed by atoms with Crippen LogP contribution in [0.25, 0.3) is 99.9 Å². The first-order valence-electron chi connectivity index (χ1n) is 17.1. The lowest BCUT2D eigenvalue weighted by Crippen LogP contribution is -2.00. The van der Waals surface area contributed by atoms with Crippen LogP contribution in [0.5, 0.6) is 0 Å². The highest BCUT2D eigenvalue weighted by atomic mass is 16.3. The fourth-order valence-corrected chi connectivity index (χ4v) is 7.22. The van der Waals surface area contributed by atoms with Crippen LogP contribution in [0.15, 0.2) is 180 Å². The van der Waals surface area contributed by atoms with Crippen LogP contribution in [0, 0.1) is 0 Å². The molecule has 0 spiro atoms. The Hall–Kier alpha value is -6.91. The molecule has 0 atom stereocenters. The summed E-state index contributed by atoms with van der Waals surface area (Å²) in [5.74, 6) is 1.87. The van der Waals surface area contributed by atoms with Crippen molar-refractivity contribution in [3.63, 3.8) is 0 Å². The smallest absolute Gasteiger partial charge is 0.164 e. The maximum absolute atomic E-state index is 6.49. The van der Waals surface area contributed by atoms with E-state index in [1.54, 1.807) is 0 Å². The maximum Gasteiger partial charge on any atom is 0.164 e. The van der Waals surface area contributed by atoms with Gasteiger partial charge in [0.05, 0.1) is 0 Å². The largest absolute Gasteiger partial charge is 0.456 e. The molecule has 0 unspecified atom stereocenters. The highest BCUT2D eigenvalue weighted by molar-refractivity contribution is 6.18. The van der Waals surface area contributed by atoms with Gasteiger partial charge in [0.2, 0.25) is 0 Å². The van der Waals surface area contributed by atoms with E-state index < -0.39 is 0 Å². The van der Waals surface area contributed by atoms with Crippen molar-refractivity contribution in [2.24, 2.45) is 0 Å². The van der Waals surface area contributed by atoms with Crippen molar-refractivity contribution < 1.29 is 4.42 Å². The van der Waals surface area contributed by atoms with Gasteiger partial charge in [-0.15, -0.1) is 0 Å². The van der Waals surface area contributed by atoms with Gasteiger partial charge < -0.3 is 4.42 Å². The fourth-order valence-electron chi connectivity index (χ4n) is 7.22. The van der Waals surface area contributed by atoms with Crippen LogP contribution < -0.4 is 0 Å². The molecule has 51 heavy (non-hydrogen) atoms. The third kappa shape index (κ3) is 5.13. The quantitative estimate of drug-likeness (QED) is 0.186. The predicted molar refractivity (Wildman–Crippen MR) is 209 cm³/mol. The molecule has 2 heterocycles. The molecule has 0 aliphatic rings. The number of benzene rings is 8. The van der Waals surface area contributed by atoms with Crippen LogP contribution >= 0.6 is 0 Å². The lowest BCUT2D eigenvalue weighted by molar-refractivity contribution is 0.669. The molecule has 0 aliphatic heterocycles. The van der Waals surface area contributed by atoms with Gasteiger partial charge in [0.1, 0.15) is 11.2 Å². The topological polar surface area (TPSA) is 51.8 Å². The molecule has 10 rings (SSSR count).